The molecule has 0 spiro atoms. The molecule has 0 aromatic carbocycles. The molecule has 2 rings (SSSR count). The summed E-state index contributed by atoms with van der Waals surface area (Å²) in [6.45, 7) is 3.65. The van der Waals surface area contributed by atoms with E-state index >= 15 is 0 Å². The maximum atomic E-state index is 3.77. The monoisotopic (exact) mass is 195 g/mol. The van der Waals surface area contributed by atoms with Crippen molar-refractivity contribution in [2.75, 3.05) is 6.54 Å². The summed E-state index contributed by atoms with van der Waals surface area (Å²) in [4.78, 5) is 0. The van der Waals surface area contributed by atoms with E-state index in [-0.39, 0.29) is 0 Å². The van der Waals surface area contributed by atoms with Crippen molar-refractivity contribution in [1.29, 1.82) is 0 Å². The molecule has 0 heterocycles. The lowest BCUT2D eigenvalue weighted by atomic mass is 9.82. The van der Waals surface area contributed by atoms with E-state index in [1.807, 2.05) is 0 Å². The topological polar surface area (TPSA) is 12.0 Å². The fourth-order valence-corrected chi connectivity index (χ4v) is 2.81. The van der Waals surface area contributed by atoms with Gasteiger partial charge in [0.1, 0.15) is 0 Å². The van der Waals surface area contributed by atoms with E-state index in [4.69, 9.17) is 0 Å². The maximum Gasteiger partial charge on any atom is 0.00673 e. The van der Waals surface area contributed by atoms with E-state index in [2.05, 4.69) is 12.2 Å². The maximum absolute atomic E-state index is 3.77. The van der Waals surface area contributed by atoms with Crippen molar-refractivity contribution in [1.82, 2.24) is 5.32 Å². The largest absolute Gasteiger partial charge is 0.314 e. The molecule has 82 valence electrons. The lowest BCUT2D eigenvalue weighted by Crippen LogP contribution is -2.37. The third-order valence-electron chi connectivity index (χ3n) is 4.34. The van der Waals surface area contributed by atoms with Crippen LogP contribution in [0.2, 0.25) is 0 Å². The van der Waals surface area contributed by atoms with Crippen LogP contribution in [0.3, 0.4) is 0 Å². The number of hydrogen-bond acceptors (Lipinski definition) is 1. The van der Waals surface area contributed by atoms with Crippen LogP contribution in [-0.4, -0.2) is 12.6 Å². The minimum absolute atomic E-state index is 0.860. The Morgan fingerprint density at radius 1 is 0.929 bits per heavy atom. The molecule has 0 aromatic rings. The molecule has 0 saturated heterocycles. The Kier molecular flexibility index (Phi) is 3.86. The fraction of sp³-hybridized carbons (Fsp3) is 1.00. The molecule has 0 aliphatic heterocycles. The van der Waals surface area contributed by atoms with Crippen LogP contribution in [0.15, 0.2) is 0 Å². The predicted molar refractivity (Wildman–Crippen MR) is 61.4 cm³/mol. The van der Waals surface area contributed by atoms with Crippen LogP contribution < -0.4 is 5.32 Å². The molecule has 2 aliphatic rings. The quantitative estimate of drug-likeness (QED) is 0.725. The highest BCUT2D eigenvalue weighted by Gasteiger charge is 2.22. The Balaban J connectivity index is 1.58. The van der Waals surface area contributed by atoms with Crippen LogP contribution in [0.1, 0.15) is 58.3 Å². The second kappa shape index (κ2) is 5.16. The summed E-state index contributed by atoms with van der Waals surface area (Å²) >= 11 is 0. The normalized spacial score (nSPS) is 34.1. The van der Waals surface area contributed by atoms with E-state index in [1.54, 1.807) is 0 Å². The molecule has 1 nitrogen and oxygen atoms in total. The summed E-state index contributed by atoms with van der Waals surface area (Å²) in [5.74, 6) is 2.07. The van der Waals surface area contributed by atoms with E-state index in [0.29, 0.717) is 0 Å². The molecule has 0 bridgehead atoms. The van der Waals surface area contributed by atoms with E-state index in [9.17, 15) is 0 Å². The summed E-state index contributed by atoms with van der Waals surface area (Å²) < 4.78 is 0. The van der Waals surface area contributed by atoms with Gasteiger partial charge in [0, 0.05) is 6.04 Å². The highest BCUT2D eigenvalue weighted by atomic mass is 14.9. The van der Waals surface area contributed by atoms with Crippen molar-refractivity contribution in [2.45, 2.75) is 64.3 Å². The van der Waals surface area contributed by atoms with Crippen LogP contribution in [0.4, 0.5) is 0 Å². The molecule has 0 radical (unpaired) electrons. The van der Waals surface area contributed by atoms with Crippen LogP contribution in [-0.2, 0) is 0 Å². The molecular weight excluding hydrogens is 170 g/mol. The first-order valence-electron chi connectivity index (χ1n) is 6.62. The van der Waals surface area contributed by atoms with Crippen LogP contribution in [0.5, 0.6) is 0 Å². The van der Waals surface area contributed by atoms with Crippen molar-refractivity contribution in [3.05, 3.63) is 0 Å². The highest BCUT2D eigenvalue weighted by Crippen LogP contribution is 2.28. The molecule has 0 unspecified atom stereocenters. The van der Waals surface area contributed by atoms with Crippen molar-refractivity contribution in [3.8, 4) is 0 Å². The molecule has 2 saturated carbocycles. The van der Waals surface area contributed by atoms with Gasteiger partial charge >= 0.3 is 0 Å². The molecular formula is C13H25N. The SMILES string of the molecule is CCC1CCC(NCC2CCC2)CC1. The Morgan fingerprint density at radius 3 is 2.14 bits per heavy atom. The third-order valence-corrected chi connectivity index (χ3v) is 4.34. The van der Waals surface area contributed by atoms with Gasteiger partial charge in [0.15, 0.2) is 0 Å². The first-order chi connectivity index (χ1) is 6.88. The summed E-state index contributed by atoms with van der Waals surface area (Å²) in [5, 5.41) is 3.77. The second-order valence-corrected chi connectivity index (χ2v) is 5.33. The zero-order valence-corrected chi connectivity index (χ0v) is 9.60. The molecule has 0 aromatic heterocycles. The molecule has 1 heteroatoms. The van der Waals surface area contributed by atoms with E-state index in [0.717, 1.165) is 17.9 Å². The van der Waals surface area contributed by atoms with Gasteiger partial charge in [-0.2, -0.15) is 0 Å². The minimum Gasteiger partial charge on any atom is -0.314 e. The standard InChI is InChI=1S/C13H25N/c1-2-11-6-8-13(9-7-11)14-10-12-4-3-5-12/h11-14H,2-10H2,1H3. The summed E-state index contributed by atoms with van der Waals surface area (Å²) in [5.41, 5.74) is 0. The predicted octanol–water partition coefficient (Wildman–Crippen LogP) is 3.34. The zero-order chi connectivity index (χ0) is 9.80. The van der Waals surface area contributed by atoms with Crippen molar-refractivity contribution < 1.29 is 0 Å². The van der Waals surface area contributed by atoms with Gasteiger partial charge in [-0.1, -0.05) is 19.8 Å². The first-order valence-corrected chi connectivity index (χ1v) is 6.62. The second-order valence-electron chi connectivity index (χ2n) is 5.33. The van der Waals surface area contributed by atoms with Gasteiger partial charge in [-0.15, -0.1) is 0 Å². The Labute approximate surface area is 88.7 Å². The Hall–Kier alpha value is -0.0400. The van der Waals surface area contributed by atoms with Gasteiger partial charge in [-0.05, 0) is 56.9 Å². The summed E-state index contributed by atoms with van der Waals surface area (Å²) in [6, 6.07) is 0.860. The average molecular weight is 195 g/mol. The van der Waals surface area contributed by atoms with Gasteiger partial charge in [0.2, 0.25) is 0 Å². The average Bonchev–Trinajstić information content (AvgIpc) is 2.16. The number of nitrogens with one attached hydrogen (secondary N) is 1. The first kappa shape index (κ1) is 10.5. The Morgan fingerprint density at radius 2 is 1.64 bits per heavy atom. The highest BCUT2D eigenvalue weighted by molar-refractivity contribution is 4.79. The summed E-state index contributed by atoms with van der Waals surface area (Å²) in [6.07, 6.45) is 11.7. The van der Waals surface area contributed by atoms with Crippen LogP contribution in [0, 0.1) is 11.8 Å². The molecule has 14 heavy (non-hydrogen) atoms. The molecule has 0 atom stereocenters. The molecule has 2 aliphatic carbocycles. The van der Waals surface area contributed by atoms with Gasteiger partial charge in [-0.25, -0.2) is 0 Å². The number of hydrogen-bond donors (Lipinski definition) is 1. The zero-order valence-electron chi connectivity index (χ0n) is 9.60. The van der Waals surface area contributed by atoms with E-state index < -0.39 is 0 Å². The van der Waals surface area contributed by atoms with Crippen LogP contribution in [0.25, 0.3) is 0 Å². The fourth-order valence-electron chi connectivity index (χ4n) is 2.81. The van der Waals surface area contributed by atoms with E-state index in [1.165, 1.54) is 57.9 Å². The Bertz CT molecular complexity index is 155. The summed E-state index contributed by atoms with van der Waals surface area (Å²) in [7, 11) is 0. The van der Waals surface area contributed by atoms with Crippen molar-refractivity contribution >= 4 is 0 Å². The molecule has 1 N–H and O–H groups in total. The van der Waals surface area contributed by atoms with Crippen molar-refractivity contribution in [2.24, 2.45) is 11.8 Å². The molecule has 2 fully saturated rings. The third kappa shape index (κ3) is 2.73. The van der Waals surface area contributed by atoms with Crippen molar-refractivity contribution in [3.63, 3.8) is 0 Å². The van der Waals surface area contributed by atoms with Gasteiger partial charge in [0.25, 0.3) is 0 Å². The lowest BCUT2D eigenvalue weighted by molar-refractivity contribution is 0.245. The molecule has 0 amide bonds. The lowest BCUT2D eigenvalue weighted by Gasteiger charge is -2.32. The smallest absolute Gasteiger partial charge is 0.00673 e. The number of rotatable bonds is 4. The van der Waals surface area contributed by atoms with Gasteiger partial charge < -0.3 is 5.32 Å². The van der Waals surface area contributed by atoms with Gasteiger partial charge in [-0.3, -0.25) is 0 Å². The minimum atomic E-state index is 0.860. The van der Waals surface area contributed by atoms with Gasteiger partial charge in [0.05, 0.1) is 0 Å². The van der Waals surface area contributed by atoms with Crippen LogP contribution >= 0.6 is 0 Å².